The number of methoxy groups -OCH3 is 1. The van der Waals surface area contributed by atoms with Crippen LogP contribution < -0.4 is 4.74 Å². The number of benzene rings is 1. The second kappa shape index (κ2) is 5.33. The van der Waals surface area contributed by atoms with Gasteiger partial charge in [0.2, 0.25) is 0 Å². The van der Waals surface area contributed by atoms with E-state index in [-0.39, 0.29) is 5.56 Å². The molecular formula is C18H17N3O3. The quantitative estimate of drug-likeness (QED) is 0.797. The van der Waals surface area contributed by atoms with Gasteiger partial charge < -0.3 is 9.84 Å². The normalized spacial score (nSPS) is 14.1. The Kier molecular flexibility index (Phi) is 3.26. The molecule has 0 amide bonds. The van der Waals surface area contributed by atoms with Gasteiger partial charge in [0, 0.05) is 11.6 Å². The number of ether oxygens (including phenoxy) is 1. The van der Waals surface area contributed by atoms with Crippen molar-refractivity contribution in [2.24, 2.45) is 0 Å². The lowest BCUT2D eigenvalue weighted by Crippen LogP contribution is -2.03. The zero-order valence-corrected chi connectivity index (χ0v) is 13.5. The van der Waals surface area contributed by atoms with E-state index in [0.717, 1.165) is 30.0 Å². The fourth-order valence-corrected chi connectivity index (χ4v) is 2.97. The molecule has 24 heavy (non-hydrogen) atoms. The highest BCUT2D eigenvalue weighted by Gasteiger charge is 2.28. The minimum absolute atomic E-state index is 0.277. The Labute approximate surface area is 138 Å². The predicted octanol–water partition coefficient (Wildman–Crippen LogP) is 3.31. The molecule has 2 heterocycles. The van der Waals surface area contributed by atoms with Gasteiger partial charge >= 0.3 is 5.97 Å². The zero-order chi connectivity index (χ0) is 16.8. The van der Waals surface area contributed by atoms with E-state index < -0.39 is 5.97 Å². The molecule has 0 radical (unpaired) electrons. The maximum Gasteiger partial charge on any atom is 0.336 e. The molecule has 1 aliphatic rings. The number of aryl methyl sites for hydroxylation is 1. The van der Waals surface area contributed by atoms with Crippen molar-refractivity contribution in [3.05, 3.63) is 47.3 Å². The number of rotatable bonds is 4. The van der Waals surface area contributed by atoms with Crippen LogP contribution in [0.1, 0.15) is 40.5 Å². The molecule has 1 aromatic carbocycles. The second-order valence-corrected chi connectivity index (χ2v) is 6.07. The van der Waals surface area contributed by atoms with Gasteiger partial charge in [0.15, 0.2) is 5.65 Å². The van der Waals surface area contributed by atoms with Crippen LogP contribution >= 0.6 is 0 Å². The number of hydrogen-bond acceptors (Lipinski definition) is 4. The van der Waals surface area contributed by atoms with Crippen LogP contribution in [0.5, 0.6) is 5.75 Å². The number of fused-ring (bicyclic) bond motifs is 1. The van der Waals surface area contributed by atoms with Gasteiger partial charge in [0.25, 0.3) is 0 Å². The summed E-state index contributed by atoms with van der Waals surface area (Å²) in [7, 11) is 1.62. The molecule has 122 valence electrons. The maximum atomic E-state index is 11.7. The molecule has 0 aliphatic heterocycles. The number of hydrogen-bond donors (Lipinski definition) is 1. The lowest BCUT2D eigenvalue weighted by Gasteiger charge is -2.07. The topological polar surface area (TPSA) is 77.2 Å². The molecule has 6 heteroatoms. The Morgan fingerprint density at radius 2 is 2.00 bits per heavy atom. The van der Waals surface area contributed by atoms with Gasteiger partial charge in [-0.25, -0.2) is 14.5 Å². The Bertz CT molecular complexity index is 940. The number of carbonyl (C=O) groups is 1. The average Bonchev–Trinajstić information content (AvgIpc) is 3.39. The van der Waals surface area contributed by atoms with Crippen molar-refractivity contribution in [1.29, 1.82) is 0 Å². The molecule has 1 N–H and O–H groups in total. The summed E-state index contributed by atoms with van der Waals surface area (Å²) in [5.74, 6) is 0.179. The highest BCUT2D eigenvalue weighted by Crippen LogP contribution is 2.40. The van der Waals surface area contributed by atoms with E-state index in [2.05, 4.69) is 5.10 Å². The summed E-state index contributed by atoms with van der Waals surface area (Å²) < 4.78 is 6.89. The fourth-order valence-electron chi connectivity index (χ4n) is 2.97. The minimum atomic E-state index is -0.943. The van der Waals surface area contributed by atoms with Crippen molar-refractivity contribution >= 4 is 17.0 Å². The van der Waals surface area contributed by atoms with Crippen LogP contribution in [0.2, 0.25) is 0 Å². The Balaban J connectivity index is 1.96. The first-order valence-corrected chi connectivity index (χ1v) is 7.86. The third kappa shape index (κ3) is 2.31. The van der Waals surface area contributed by atoms with E-state index in [1.165, 1.54) is 0 Å². The molecule has 0 atom stereocenters. The highest BCUT2D eigenvalue weighted by atomic mass is 16.5. The molecule has 1 saturated carbocycles. The van der Waals surface area contributed by atoms with Crippen LogP contribution in [0, 0.1) is 6.92 Å². The minimum Gasteiger partial charge on any atom is -0.497 e. The van der Waals surface area contributed by atoms with E-state index in [9.17, 15) is 9.90 Å². The van der Waals surface area contributed by atoms with Gasteiger partial charge in [0.05, 0.1) is 29.4 Å². The van der Waals surface area contributed by atoms with Crippen LogP contribution in [0.4, 0.5) is 0 Å². The molecule has 0 spiro atoms. The highest BCUT2D eigenvalue weighted by molar-refractivity contribution is 6.03. The number of pyridine rings is 1. The first kappa shape index (κ1) is 14.7. The van der Waals surface area contributed by atoms with Crippen molar-refractivity contribution in [1.82, 2.24) is 14.8 Å². The molecule has 3 aromatic rings. The standard InChI is InChI=1S/C18H17N3O3/c1-10-16-14(18(22)23)9-15(11-3-4-11)19-17(16)21(20-10)12-5-7-13(24-2)8-6-12/h5-9,11H,3-4H2,1-2H3,(H,22,23). The number of aromatic carboxylic acids is 1. The number of aromatic nitrogens is 3. The maximum absolute atomic E-state index is 11.7. The van der Waals surface area contributed by atoms with Crippen molar-refractivity contribution in [2.75, 3.05) is 7.11 Å². The van der Waals surface area contributed by atoms with E-state index in [1.807, 2.05) is 31.2 Å². The molecule has 6 nitrogen and oxygen atoms in total. The zero-order valence-electron chi connectivity index (χ0n) is 13.5. The van der Waals surface area contributed by atoms with Crippen molar-refractivity contribution < 1.29 is 14.6 Å². The molecule has 0 saturated heterocycles. The second-order valence-electron chi connectivity index (χ2n) is 6.07. The van der Waals surface area contributed by atoms with Gasteiger partial charge in [0.1, 0.15) is 5.75 Å². The van der Waals surface area contributed by atoms with Gasteiger partial charge in [-0.3, -0.25) is 0 Å². The monoisotopic (exact) mass is 323 g/mol. The summed E-state index contributed by atoms with van der Waals surface area (Å²) >= 11 is 0. The SMILES string of the molecule is COc1ccc(-n2nc(C)c3c(C(=O)O)cc(C4CC4)nc32)cc1. The molecule has 0 bridgehead atoms. The van der Waals surface area contributed by atoms with Gasteiger partial charge in [-0.1, -0.05) is 0 Å². The van der Waals surface area contributed by atoms with Crippen LogP contribution in [0.3, 0.4) is 0 Å². The Hall–Kier alpha value is -2.89. The van der Waals surface area contributed by atoms with Crippen LogP contribution in [0.25, 0.3) is 16.7 Å². The van der Waals surface area contributed by atoms with E-state index in [0.29, 0.717) is 22.6 Å². The Morgan fingerprint density at radius 3 is 2.58 bits per heavy atom. The molecule has 1 aliphatic carbocycles. The third-order valence-electron chi connectivity index (χ3n) is 4.38. The van der Waals surface area contributed by atoms with Crippen LogP contribution in [-0.4, -0.2) is 33.0 Å². The predicted molar refractivity (Wildman–Crippen MR) is 89.1 cm³/mol. The molecular weight excluding hydrogens is 306 g/mol. The van der Waals surface area contributed by atoms with E-state index in [1.54, 1.807) is 17.9 Å². The van der Waals surface area contributed by atoms with Gasteiger partial charge in [-0.2, -0.15) is 5.10 Å². The molecule has 0 unspecified atom stereocenters. The fraction of sp³-hybridized carbons (Fsp3) is 0.278. The summed E-state index contributed by atoms with van der Waals surface area (Å²) in [6, 6.07) is 9.17. The summed E-state index contributed by atoms with van der Waals surface area (Å²) in [5.41, 5.74) is 3.20. The lowest BCUT2D eigenvalue weighted by molar-refractivity contribution is 0.0698. The lowest BCUT2D eigenvalue weighted by atomic mass is 10.1. The molecule has 1 fully saturated rings. The number of nitrogens with zero attached hydrogens (tertiary/aromatic N) is 3. The van der Waals surface area contributed by atoms with Crippen LogP contribution in [0.15, 0.2) is 30.3 Å². The van der Waals surface area contributed by atoms with Crippen molar-refractivity contribution in [2.45, 2.75) is 25.7 Å². The average molecular weight is 323 g/mol. The smallest absolute Gasteiger partial charge is 0.336 e. The molecule has 4 rings (SSSR count). The van der Waals surface area contributed by atoms with Crippen LogP contribution in [-0.2, 0) is 0 Å². The summed E-state index contributed by atoms with van der Waals surface area (Å²) in [6.45, 7) is 1.81. The summed E-state index contributed by atoms with van der Waals surface area (Å²) in [6.07, 6.45) is 2.13. The number of carboxylic acids is 1. The Morgan fingerprint density at radius 1 is 1.29 bits per heavy atom. The van der Waals surface area contributed by atoms with Crippen molar-refractivity contribution in [3.8, 4) is 11.4 Å². The summed E-state index contributed by atoms with van der Waals surface area (Å²) in [4.78, 5) is 16.4. The van der Waals surface area contributed by atoms with E-state index in [4.69, 9.17) is 9.72 Å². The largest absolute Gasteiger partial charge is 0.497 e. The first-order valence-electron chi connectivity index (χ1n) is 7.86. The number of carboxylic acid groups (broad SMARTS) is 1. The van der Waals surface area contributed by atoms with Gasteiger partial charge in [-0.15, -0.1) is 0 Å². The molecule has 2 aromatic heterocycles. The van der Waals surface area contributed by atoms with E-state index >= 15 is 0 Å². The summed E-state index contributed by atoms with van der Waals surface area (Å²) in [5, 5.41) is 14.7. The first-order chi connectivity index (χ1) is 11.6. The third-order valence-corrected chi connectivity index (χ3v) is 4.38. The van der Waals surface area contributed by atoms with Crippen molar-refractivity contribution in [3.63, 3.8) is 0 Å². The van der Waals surface area contributed by atoms with Gasteiger partial charge in [-0.05, 0) is 50.1 Å².